The molecule has 1 unspecified atom stereocenters. The molecule has 3 atom stereocenters. The topological polar surface area (TPSA) is 120 Å². The minimum absolute atomic E-state index is 0.0387. The third kappa shape index (κ3) is 5.31. The number of carbonyl (C=O) groups is 2. The lowest BCUT2D eigenvalue weighted by Crippen LogP contribution is -2.36. The van der Waals surface area contributed by atoms with E-state index in [2.05, 4.69) is 15.3 Å². The molecule has 2 aromatic heterocycles. The maximum atomic E-state index is 12.5. The molecule has 0 saturated heterocycles. The van der Waals surface area contributed by atoms with Crippen molar-refractivity contribution >= 4 is 12.1 Å². The van der Waals surface area contributed by atoms with Crippen LogP contribution in [0.15, 0.2) is 12.1 Å². The molecule has 2 saturated carbocycles. The first-order valence-electron chi connectivity index (χ1n) is 11.9. The molecular formula is C24H33N5O5. The Morgan fingerprint density at radius 2 is 2.03 bits per heavy atom. The largest absolute Gasteiger partial charge is 0.489 e. The number of nitrogens with zero attached hydrogens (tertiary/aromatic N) is 5. The van der Waals surface area contributed by atoms with E-state index in [1.165, 1.54) is 0 Å². The number of aromatic nitrogens is 4. The number of aliphatic carboxylic acids is 1. The summed E-state index contributed by atoms with van der Waals surface area (Å²) >= 11 is 0. The molecule has 0 aromatic carbocycles. The van der Waals surface area contributed by atoms with E-state index < -0.39 is 5.97 Å². The van der Waals surface area contributed by atoms with Crippen molar-refractivity contribution in [2.45, 2.75) is 71.1 Å². The number of carboxylic acid groups (broad SMARTS) is 1. The van der Waals surface area contributed by atoms with Crippen LogP contribution in [0.3, 0.4) is 0 Å². The second-order valence-electron chi connectivity index (χ2n) is 9.47. The van der Waals surface area contributed by atoms with Crippen molar-refractivity contribution in [1.82, 2.24) is 24.9 Å². The number of pyridine rings is 1. The molecule has 184 valence electrons. The van der Waals surface area contributed by atoms with Crippen LogP contribution in [-0.2, 0) is 23.2 Å². The lowest BCUT2D eigenvalue weighted by Gasteiger charge is -2.27. The molecule has 0 aliphatic heterocycles. The van der Waals surface area contributed by atoms with Crippen LogP contribution in [0.1, 0.15) is 56.8 Å². The second kappa shape index (κ2) is 9.99. The van der Waals surface area contributed by atoms with E-state index in [1.807, 2.05) is 19.9 Å². The molecular weight excluding hydrogens is 438 g/mol. The summed E-state index contributed by atoms with van der Waals surface area (Å²) in [5, 5.41) is 17.6. The van der Waals surface area contributed by atoms with Crippen molar-refractivity contribution in [2.75, 3.05) is 7.05 Å². The molecule has 10 heteroatoms. The zero-order valence-electron chi connectivity index (χ0n) is 20.2. The van der Waals surface area contributed by atoms with Crippen LogP contribution in [0.4, 0.5) is 4.79 Å². The first-order valence-corrected chi connectivity index (χ1v) is 11.9. The SMILES string of the molecule is Cc1nc(-c2nnn(C)c2COC(=O)N(C)C(C)C2CC2)ccc1O[C@H]1CCC[C@H](C(=O)O)C1. The molecule has 0 radical (unpaired) electrons. The quantitative estimate of drug-likeness (QED) is 0.620. The lowest BCUT2D eigenvalue weighted by atomic mass is 9.87. The zero-order valence-corrected chi connectivity index (χ0v) is 20.2. The average Bonchev–Trinajstić information content (AvgIpc) is 3.61. The molecule has 2 fully saturated rings. The highest BCUT2D eigenvalue weighted by Crippen LogP contribution is 2.35. The molecule has 0 spiro atoms. The van der Waals surface area contributed by atoms with Crippen LogP contribution in [0.2, 0.25) is 0 Å². The fraction of sp³-hybridized carbons (Fsp3) is 0.625. The minimum Gasteiger partial charge on any atom is -0.489 e. The van der Waals surface area contributed by atoms with Crippen LogP contribution in [0, 0.1) is 18.8 Å². The molecule has 34 heavy (non-hydrogen) atoms. The van der Waals surface area contributed by atoms with Crippen molar-refractivity contribution in [1.29, 1.82) is 0 Å². The highest BCUT2D eigenvalue weighted by molar-refractivity contribution is 5.70. The molecule has 2 aromatic rings. The highest BCUT2D eigenvalue weighted by Gasteiger charge is 2.33. The van der Waals surface area contributed by atoms with Gasteiger partial charge in [-0.3, -0.25) is 4.79 Å². The number of rotatable bonds is 8. The van der Waals surface area contributed by atoms with Gasteiger partial charge in [-0.05, 0) is 70.4 Å². The number of amides is 1. The van der Waals surface area contributed by atoms with Gasteiger partial charge in [0.05, 0.1) is 23.4 Å². The Balaban J connectivity index is 1.43. The predicted molar refractivity (Wildman–Crippen MR) is 123 cm³/mol. The van der Waals surface area contributed by atoms with Crippen LogP contribution in [0.5, 0.6) is 5.75 Å². The van der Waals surface area contributed by atoms with E-state index in [4.69, 9.17) is 9.47 Å². The molecule has 2 aliphatic carbocycles. The Labute approximate surface area is 199 Å². The Kier molecular flexibility index (Phi) is 7.04. The van der Waals surface area contributed by atoms with Gasteiger partial charge in [-0.25, -0.2) is 14.5 Å². The van der Waals surface area contributed by atoms with Crippen molar-refractivity contribution in [3.05, 3.63) is 23.5 Å². The highest BCUT2D eigenvalue weighted by atomic mass is 16.6. The van der Waals surface area contributed by atoms with E-state index >= 15 is 0 Å². The number of carbonyl (C=O) groups excluding carboxylic acids is 1. The van der Waals surface area contributed by atoms with Crippen LogP contribution in [0.25, 0.3) is 11.4 Å². The third-order valence-corrected chi connectivity index (χ3v) is 7.03. The van der Waals surface area contributed by atoms with Gasteiger partial charge in [-0.15, -0.1) is 5.10 Å². The van der Waals surface area contributed by atoms with Gasteiger partial charge in [0.2, 0.25) is 0 Å². The molecule has 10 nitrogen and oxygen atoms in total. The van der Waals surface area contributed by atoms with Crippen molar-refractivity contribution in [2.24, 2.45) is 18.9 Å². The van der Waals surface area contributed by atoms with Gasteiger partial charge >= 0.3 is 12.1 Å². The summed E-state index contributed by atoms with van der Waals surface area (Å²) in [6, 6.07) is 3.79. The maximum Gasteiger partial charge on any atom is 0.410 e. The maximum absolute atomic E-state index is 12.5. The van der Waals surface area contributed by atoms with Gasteiger partial charge in [0.1, 0.15) is 23.7 Å². The third-order valence-electron chi connectivity index (χ3n) is 7.03. The van der Waals surface area contributed by atoms with Crippen molar-refractivity contribution < 1.29 is 24.2 Å². The minimum atomic E-state index is -0.762. The number of aryl methyl sites for hydroxylation is 2. The lowest BCUT2D eigenvalue weighted by molar-refractivity contribution is -0.143. The Hall–Kier alpha value is -3.17. The van der Waals surface area contributed by atoms with Gasteiger partial charge in [0.15, 0.2) is 0 Å². The first-order chi connectivity index (χ1) is 16.2. The number of ether oxygens (including phenoxy) is 2. The summed E-state index contributed by atoms with van der Waals surface area (Å²) < 4.78 is 13.2. The van der Waals surface area contributed by atoms with Crippen molar-refractivity contribution in [3.8, 4) is 17.1 Å². The summed E-state index contributed by atoms with van der Waals surface area (Å²) in [4.78, 5) is 30.1. The van der Waals surface area contributed by atoms with E-state index in [0.29, 0.717) is 47.3 Å². The monoisotopic (exact) mass is 471 g/mol. The Bertz CT molecular complexity index is 1050. The van der Waals surface area contributed by atoms with Crippen LogP contribution < -0.4 is 4.74 Å². The van der Waals surface area contributed by atoms with Crippen LogP contribution >= 0.6 is 0 Å². The Morgan fingerprint density at radius 1 is 1.26 bits per heavy atom. The molecule has 1 amide bonds. The molecule has 2 heterocycles. The van der Waals surface area contributed by atoms with Gasteiger partial charge in [-0.2, -0.15) is 0 Å². The smallest absolute Gasteiger partial charge is 0.410 e. The van der Waals surface area contributed by atoms with E-state index in [1.54, 1.807) is 29.7 Å². The van der Waals surface area contributed by atoms with Gasteiger partial charge < -0.3 is 19.5 Å². The fourth-order valence-corrected chi connectivity index (χ4v) is 4.49. The summed E-state index contributed by atoms with van der Waals surface area (Å²) in [6.07, 6.45) is 4.67. The van der Waals surface area contributed by atoms with Crippen molar-refractivity contribution in [3.63, 3.8) is 0 Å². The summed E-state index contributed by atoms with van der Waals surface area (Å²) in [5.74, 6) is 0.0698. The van der Waals surface area contributed by atoms with E-state index in [0.717, 1.165) is 25.7 Å². The normalized spacial score (nSPS) is 21.1. The second-order valence-corrected chi connectivity index (χ2v) is 9.47. The molecule has 4 rings (SSSR count). The standard InChI is InChI=1S/C24H33N5O5/c1-14-21(34-18-7-5-6-17(12-18)23(30)31)11-10-19(25-14)22-20(29(4)27-26-22)13-33-24(32)28(3)15(2)16-8-9-16/h10-11,15-18H,5-9,12-13H2,1-4H3,(H,30,31)/t15?,17-,18-/m0/s1. The van der Waals surface area contributed by atoms with Gasteiger partial charge in [-0.1, -0.05) is 5.21 Å². The van der Waals surface area contributed by atoms with Crippen LogP contribution in [-0.4, -0.2) is 61.2 Å². The summed E-state index contributed by atoms with van der Waals surface area (Å²) in [5.41, 5.74) is 2.49. The number of hydrogen-bond donors (Lipinski definition) is 1. The van der Waals surface area contributed by atoms with Gasteiger partial charge in [0, 0.05) is 20.1 Å². The predicted octanol–water partition coefficient (Wildman–Crippen LogP) is 3.57. The average molecular weight is 472 g/mol. The Morgan fingerprint density at radius 3 is 2.71 bits per heavy atom. The fourth-order valence-electron chi connectivity index (χ4n) is 4.49. The number of hydrogen-bond acceptors (Lipinski definition) is 7. The molecule has 0 bridgehead atoms. The van der Waals surface area contributed by atoms with E-state index in [9.17, 15) is 14.7 Å². The summed E-state index contributed by atoms with van der Waals surface area (Å²) in [7, 11) is 3.52. The zero-order chi connectivity index (χ0) is 24.4. The molecule has 2 aliphatic rings. The summed E-state index contributed by atoms with van der Waals surface area (Å²) in [6.45, 7) is 3.93. The van der Waals surface area contributed by atoms with Gasteiger partial charge in [0.25, 0.3) is 0 Å². The molecule has 1 N–H and O–H groups in total. The first kappa shape index (κ1) is 24.0. The number of carboxylic acids is 1. The van der Waals surface area contributed by atoms with E-state index in [-0.39, 0.29) is 30.8 Å².